The van der Waals surface area contributed by atoms with E-state index in [9.17, 15) is 8.78 Å². The first-order valence-electron chi connectivity index (χ1n) is 7.41. The van der Waals surface area contributed by atoms with Gasteiger partial charge in [-0.2, -0.15) is 0 Å². The normalized spacial score (nSPS) is 10.4. The van der Waals surface area contributed by atoms with Crippen molar-refractivity contribution in [2.45, 2.75) is 6.61 Å². The van der Waals surface area contributed by atoms with E-state index in [0.717, 1.165) is 17.2 Å². The van der Waals surface area contributed by atoms with Crippen molar-refractivity contribution in [2.24, 2.45) is 0 Å². The minimum atomic E-state index is -0.653. The number of nitrogens with zero attached hydrogens (tertiary/aromatic N) is 1. The molecule has 0 aliphatic rings. The lowest BCUT2D eigenvalue weighted by atomic mass is 10.1. The number of halogens is 2. The van der Waals surface area contributed by atoms with Gasteiger partial charge in [0.15, 0.2) is 0 Å². The van der Waals surface area contributed by atoms with Gasteiger partial charge in [0.05, 0.1) is 5.69 Å². The maximum absolute atomic E-state index is 13.9. The Labute approximate surface area is 139 Å². The molecular formula is C20H15F2NO. The summed E-state index contributed by atoms with van der Waals surface area (Å²) in [5.41, 5.74) is 2.67. The Morgan fingerprint density at radius 2 is 1.79 bits per heavy atom. The minimum absolute atomic E-state index is 0.234. The van der Waals surface area contributed by atoms with Crippen molar-refractivity contribution in [3.05, 3.63) is 90.1 Å². The standard InChI is InChI=1S/C20H15F2NO/c1-2-14-3-5-15(6-4-14)13-24-17-9-10-23-20(12-17)18-8-7-16(21)11-19(18)22/h2-12H,1,13H2. The van der Waals surface area contributed by atoms with Gasteiger partial charge >= 0.3 is 0 Å². The zero-order chi connectivity index (χ0) is 16.9. The van der Waals surface area contributed by atoms with E-state index in [1.54, 1.807) is 18.2 Å². The van der Waals surface area contributed by atoms with Crippen molar-refractivity contribution in [1.82, 2.24) is 4.98 Å². The van der Waals surface area contributed by atoms with E-state index in [-0.39, 0.29) is 5.56 Å². The summed E-state index contributed by atoms with van der Waals surface area (Å²) in [4.78, 5) is 4.12. The molecule has 0 unspecified atom stereocenters. The van der Waals surface area contributed by atoms with E-state index in [1.807, 2.05) is 24.3 Å². The number of aromatic nitrogens is 1. The van der Waals surface area contributed by atoms with Crippen molar-refractivity contribution in [1.29, 1.82) is 0 Å². The molecule has 0 atom stereocenters. The van der Waals surface area contributed by atoms with Crippen molar-refractivity contribution in [3.63, 3.8) is 0 Å². The highest BCUT2D eigenvalue weighted by atomic mass is 19.1. The molecule has 0 spiro atoms. The molecule has 2 aromatic carbocycles. The molecule has 2 nitrogen and oxygen atoms in total. The van der Waals surface area contributed by atoms with Crippen molar-refractivity contribution < 1.29 is 13.5 Å². The molecule has 0 aliphatic heterocycles. The fourth-order valence-electron chi connectivity index (χ4n) is 2.26. The van der Waals surface area contributed by atoms with E-state index in [2.05, 4.69) is 11.6 Å². The fourth-order valence-corrected chi connectivity index (χ4v) is 2.26. The predicted molar refractivity (Wildman–Crippen MR) is 90.5 cm³/mol. The van der Waals surface area contributed by atoms with Gasteiger partial charge in [0.25, 0.3) is 0 Å². The molecule has 3 aromatic rings. The van der Waals surface area contributed by atoms with Gasteiger partial charge in [0, 0.05) is 23.9 Å². The molecule has 0 bridgehead atoms. The van der Waals surface area contributed by atoms with Crippen LogP contribution in [-0.4, -0.2) is 4.98 Å². The summed E-state index contributed by atoms with van der Waals surface area (Å²) in [5.74, 6) is -0.706. The van der Waals surface area contributed by atoms with Gasteiger partial charge in [-0.05, 0) is 29.3 Å². The lowest BCUT2D eigenvalue weighted by molar-refractivity contribution is 0.306. The van der Waals surface area contributed by atoms with Crippen LogP contribution in [0.5, 0.6) is 5.75 Å². The van der Waals surface area contributed by atoms with E-state index >= 15 is 0 Å². The first kappa shape index (κ1) is 15.9. The number of hydrogen-bond acceptors (Lipinski definition) is 2. The van der Waals surface area contributed by atoms with E-state index in [1.165, 1.54) is 18.3 Å². The van der Waals surface area contributed by atoms with Crippen molar-refractivity contribution in [3.8, 4) is 17.0 Å². The smallest absolute Gasteiger partial charge is 0.135 e. The average molecular weight is 323 g/mol. The van der Waals surface area contributed by atoms with Crippen LogP contribution in [-0.2, 0) is 6.61 Å². The van der Waals surface area contributed by atoms with Gasteiger partial charge in [-0.1, -0.05) is 36.9 Å². The summed E-state index contributed by atoms with van der Waals surface area (Å²) in [6.45, 7) is 4.09. The molecule has 0 N–H and O–H groups in total. The van der Waals surface area contributed by atoms with E-state index in [0.29, 0.717) is 18.1 Å². The molecular weight excluding hydrogens is 308 g/mol. The molecule has 0 fully saturated rings. The largest absolute Gasteiger partial charge is 0.489 e. The van der Waals surface area contributed by atoms with Crippen LogP contribution in [0.3, 0.4) is 0 Å². The third-order valence-corrected chi connectivity index (χ3v) is 3.56. The highest BCUT2D eigenvalue weighted by molar-refractivity contribution is 5.61. The zero-order valence-corrected chi connectivity index (χ0v) is 12.9. The SMILES string of the molecule is C=Cc1ccc(COc2ccnc(-c3ccc(F)cc3F)c2)cc1. The molecule has 1 heterocycles. The molecule has 0 radical (unpaired) electrons. The first-order chi connectivity index (χ1) is 11.7. The zero-order valence-electron chi connectivity index (χ0n) is 12.9. The molecule has 1 aromatic heterocycles. The van der Waals surface area contributed by atoms with Crippen LogP contribution in [0.2, 0.25) is 0 Å². The highest BCUT2D eigenvalue weighted by Gasteiger charge is 2.09. The van der Waals surface area contributed by atoms with Crippen molar-refractivity contribution in [2.75, 3.05) is 0 Å². The van der Waals surface area contributed by atoms with E-state index < -0.39 is 11.6 Å². The van der Waals surface area contributed by atoms with Crippen LogP contribution < -0.4 is 4.74 Å². The Balaban J connectivity index is 1.76. The van der Waals surface area contributed by atoms with Crippen LogP contribution in [0.1, 0.15) is 11.1 Å². The summed E-state index contributed by atoms with van der Waals surface area (Å²) in [6.07, 6.45) is 3.31. The first-order valence-corrected chi connectivity index (χ1v) is 7.41. The number of rotatable bonds is 5. The van der Waals surface area contributed by atoms with Crippen LogP contribution in [0.4, 0.5) is 8.78 Å². The minimum Gasteiger partial charge on any atom is -0.489 e. The Kier molecular flexibility index (Phi) is 4.66. The van der Waals surface area contributed by atoms with Gasteiger partial charge < -0.3 is 4.74 Å². The number of pyridine rings is 1. The van der Waals surface area contributed by atoms with Crippen LogP contribution in [0.15, 0.2) is 67.4 Å². The Hall–Kier alpha value is -3.01. The maximum Gasteiger partial charge on any atom is 0.135 e. The van der Waals surface area contributed by atoms with Gasteiger partial charge in [-0.15, -0.1) is 0 Å². The average Bonchev–Trinajstić information content (AvgIpc) is 2.60. The summed E-state index contributed by atoms with van der Waals surface area (Å²) in [5, 5.41) is 0. The molecule has 0 amide bonds. The van der Waals surface area contributed by atoms with Crippen LogP contribution in [0, 0.1) is 11.6 Å². The van der Waals surface area contributed by atoms with Gasteiger partial charge in [-0.3, -0.25) is 4.98 Å². The summed E-state index contributed by atoms with van der Waals surface area (Å²) in [6, 6.07) is 14.6. The molecule has 0 saturated heterocycles. The van der Waals surface area contributed by atoms with Gasteiger partial charge in [0.2, 0.25) is 0 Å². The monoisotopic (exact) mass is 323 g/mol. The van der Waals surface area contributed by atoms with Crippen LogP contribution in [0.25, 0.3) is 17.3 Å². The molecule has 24 heavy (non-hydrogen) atoms. The molecule has 4 heteroatoms. The summed E-state index contributed by atoms with van der Waals surface area (Å²) >= 11 is 0. The lowest BCUT2D eigenvalue weighted by Crippen LogP contribution is -1.96. The molecule has 120 valence electrons. The highest BCUT2D eigenvalue weighted by Crippen LogP contribution is 2.25. The van der Waals surface area contributed by atoms with Gasteiger partial charge in [-0.25, -0.2) is 8.78 Å². The quantitative estimate of drug-likeness (QED) is 0.640. The number of hydrogen-bond donors (Lipinski definition) is 0. The molecule has 3 rings (SSSR count). The van der Waals surface area contributed by atoms with Crippen molar-refractivity contribution >= 4 is 6.08 Å². The summed E-state index contributed by atoms with van der Waals surface area (Å²) in [7, 11) is 0. The molecule has 0 saturated carbocycles. The Bertz CT molecular complexity index is 860. The Morgan fingerprint density at radius 1 is 1.00 bits per heavy atom. The third kappa shape index (κ3) is 3.66. The maximum atomic E-state index is 13.9. The predicted octanol–water partition coefficient (Wildman–Crippen LogP) is 5.25. The molecule has 0 aliphatic carbocycles. The topological polar surface area (TPSA) is 22.1 Å². The van der Waals surface area contributed by atoms with E-state index in [4.69, 9.17) is 4.74 Å². The third-order valence-electron chi connectivity index (χ3n) is 3.56. The number of benzene rings is 2. The fraction of sp³-hybridized carbons (Fsp3) is 0.0500. The summed E-state index contributed by atoms with van der Waals surface area (Å²) < 4.78 is 32.6. The van der Waals surface area contributed by atoms with Crippen LogP contribution >= 0.6 is 0 Å². The van der Waals surface area contributed by atoms with Gasteiger partial charge in [0.1, 0.15) is 24.0 Å². The number of ether oxygens (including phenoxy) is 1. The second-order valence-electron chi connectivity index (χ2n) is 5.24. The second kappa shape index (κ2) is 7.04. The Morgan fingerprint density at radius 3 is 2.50 bits per heavy atom. The second-order valence-corrected chi connectivity index (χ2v) is 5.24. The lowest BCUT2D eigenvalue weighted by Gasteiger charge is -2.09.